The average molecular weight is 210 g/mol. The van der Waals surface area contributed by atoms with E-state index in [2.05, 4.69) is 6.92 Å². The molecule has 2 aliphatic rings. The molecular weight excluding hydrogens is 192 g/mol. The fraction of sp³-hybridized carbons (Fsp3) is 0.833. The molecule has 2 fully saturated rings. The Morgan fingerprint density at radius 1 is 1.40 bits per heavy atom. The Bertz CT molecular complexity index is 310. The SMILES string of the molecule is CCCC[C@]12C(=O)CCC[C@@]1(C)OC2=O. The van der Waals surface area contributed by atoms with Gasteiger partial charge in [-0.2, -0.15) is 0 Å². The average Bonchev–Trinajstić information content (AvgIpc) is 2.16. The van der Waals surface area contributed by atoms with Crippen LogP contribution in [0.25, 0.3) is 0 Å². The molecule has 0 N–H and O–H groups in total. The lowest BCUT2D eigenvalue weighted by Crippen LogP contribution is -2.70. The summed E-state index contributed by atoms with van der Waals surface area (Å²) < 4.78 is 5.24. The summed E-state index contributed by atoms with van der Waals surface area (Å²) in [7, 11) is 0. The number of ketones is 1. The van der Waals surface area contributed by atoms with Gasteiger partial charge in [0.1, 0.15) is 5.60 Å². The van der Waals surface area contributed by atoms with Crippen molar-refractivity contribution < 1.29 is 14.3 Å². The lowest BCUT2D eigenvalue weighted by molar-refractivity contribution is -0.242. The smallest absolute Gasteiger partial charge is 0.324 e. The molecule has 0 aromatic heterocycles. The number of fused-ring (bicyclic) bond motifs is 1. The summed E-state index contributed by atoms with van der Waals surface area (Å²) in [5.74, 6) is -0.163. The molecular formula is C12H18O3. The fourth-order valence-electron chi connectivity index (χ4n) is 2.97. The van der Waals surface area contributed by atoms with E-state index < -0.39 is 11.0 Å². The predicted octanol–water partition coefficient (Wildman–Crippen LogP) is 2.23. The molecule has 1 aliphatic heterocycles. The first kappa shape index (κ1) is 10.7. The first-order valence-electron chi connectivity index (χ1n) is 5.83. The molecule has 0 bridgehead atoms. The minimum absolute atomic E-state index is 0.112. The van der Waals surface area contributed by atoms with Crippen molar-refractivity contribution in [2.45, 2.75) is 58.0 Å². The minimum Gasteiger partial charge on any atom is -0.457 e. The van der Waals surface area contributed by atoms with Crippen molar-refractivity contribution in [3.05, 3.63) is 0 Å². The third-order valence-corrected chi connectivity index (χ3v) is 4.01. The molecule has 1 heterocycles. The van der Waals surface area contributed by atoms with Crippen LogP contribution in [0.4, 0.5) is 0 Å². The Morgan fingerprint density at radius 3 is 2.67 bits per heavy atom. The van der Waals surface area contributed by atoms with Gasteiger partial charge in [-0.15, -0.1) is 0 Å². The van der Waals surface area contributed by atoms with Crippen molar-refractivity contribution >= 4 is 11.8 Å². The van der Waals surface area contributed by atoms with E-state index in [0.29, 0.717) is 12.8 Å². The molecule has 0 aromatic rings. The maximum Gasteiger partial charge on any atom is 0.324 e. The largest absolute Gasteiger partial charge is 0.457 e. The van der Waals surface area contributed by atoms with Gasteiger partial charge in [0, 0.05) is 6.42 Å². The molecule has 0 amide bonds. The number of carbonyl (C=O) groups excluding carboxylic acids is 2. The summed E-state index contributed by atoms with van der Waals surface area (Å²) in [5.41, 5.74) is -1.27. The molecule has 0 aromatic carbocycles. The van der Waals surface area contributed by atoms with Gasteiger partial charge in [0.15, 0.2) is 11.2 Å². The van der Waals surface area contributed by atoms with Crippen LogP contribution >= 0.6 is 0 Å². The van der Waals surface area contributed by atoms with Gasteiger partial charge in [-0.3, -0.25) is 9.59 Å². The van der Waals surface area contributed by atoms with E-state index >= 15 is 0 Å². The van der Waals surface area contributed by atoms with E-state index in [1.807, 2.05) is 6.92 Å². The molecule has 0 unspecified atom stereocenters. The standard InChI is InChI=1S/C12H18O3/c1-3-4-8-12-9(13)6-5-7-11(12,2)15-10(12)14/h3-8H2,1-2H3/t11-,12-/m1/s1. The van der Waals surface area contributed by atoms with Crippen LogP contribution in [0.2, 0.25) is 0 Å². The van der Waals surface area contributed by atoms with Crippen LogP contribution in [0.15, 0.2) is 0 Å². The summed E-state index contributed by atoms with van der Waals surface area (Å²) in [6, 6.07) is 0. The van der Waals surface area contributed by atoms with E-state index in [9.17, 15) is 9.59 Å². The Balaban J connectivity index is 2.27. The van der Waals surface area contributed by atoms with Gasteiger partial charge in [-0.25, -0.2) is 0 Å². The summed E-state index contributed by atoms with van der Waals surface area (Å²) in [6.07, 6.45) is 4.87. The normalized spacial score (nSPS) is 39.3. The number of esters is 1. The quantitative estimate of drug-likeness (QED) is 0.530. The van der Waals surface area contributed by atoms with Crippen molar-refractivity contribution in [1.29, 1.82) is 0 Å². The van der Waals surface area contributed by atoms with Crippen LogP contribution in [-0.2, 0) is 14.3 Å². The Hall–Kier alpha value is -0.860. The highest BCUT2D eigenvalue weighted by Crippen LogP contribution is 2.55. The highest BCUT2D eigenvalue weighted by atomic mass is 16.6. The molecule has 0 radical (unpaired) electrons. The number of carbonyl (C=O) groups is 2. The highest BCUT2D eigenvalue weighted by molar-refractivity contribution is 6.09. The van der Waals surface area contributed by atoms with Crippen LogP contribution in [0.5, 0.6) is 0 Å². The topological polar surface area (TPSA) is 43.4 Å². The van der Waals surface area contributed by atoms with Crippen LogP contribution in [0.3, 0.4) is 0 Å². The molecule has 3 heteroatoms. The van der Waals surface area contributed by atoms with Crippen molar-refractivity contribution in [2.24, 2.45) is 5.41 Å². The third-order valence-electron chi connectivity index (χ3n) is 4.01. The number of Topliss-reactive ketones (excluding diaryl/α,β-unsaturated/α-hetero) is 1. The first-order valence-corrected chi connectivity index (χ1v) is 5.83. The molecule has 3 nitrogen and oxygen atoms in total. The second kappa shape index (κ2) is 3.32. The molecule has 15 heavy (non-hydrogen) atoms. The maximum absolute atomic E-state index is 12.0. The second-order valence-electron chi connectivity index (χ2n) is 4.91. The molecule has 1 aliphatic carbocycles. The van der Waals surface area contributed by atoms with E-state index in [4.69, 9.17) is 4.74 Å². The summed E-state index contributed by atoms with van der Waals surface area (Å²) in [4.78, 5) is 23.7. The number of ether oxygens (including phenoxy) is 1. The lowest BCUT2D eigenvalue weighted by Gasteiger charge is -2.56. The Morgan fingerprint density at radius 2 is 2.13 bits per heavy atom. The number of rotatable bonds is 3. The van der Waals surface area contributed by atoms with Crippen molar-refractivity contribution in [2.75, 3.05) is 0 Å². The van der Waals surface area contributed by atoms with E-state index in [1.165, 1.54) is 0 Å². The zero-order chi connectivity index (χ0) is 11.1. The molecule has 1 saturated heterocycles. The zero-order valence-corrected chi connectivity index (χ0v) is 9.47. The number of hydrogen-bond acceptors (Lipinski definition) is 3. The Kier molecular flexibility index (Phi) is 2.36. The van der Waals surface area contributed by atoms with Gasteiger partial charge in [0.05, 0.1) is 0 Å². The number of hydrogen-bond donors (Lipinski definition) is 0. The summed E-state index contributed by atoms with van der Waals surface area (Å²) in [6.45, 7) is 3.99. The van der Waals surface area contributed by atoms with Gasteiger partial charge < -0.3 is 4.74 Å². The van der Waals surface area contributed by atoms with Gasteiger partial charge >= 0.3 is 5.97 Å². The molecule has 2 atom stereocenters. The minimum atomic E-state index is -0.777. The van der Waals surface area contributed by atoms with Gasteiger partial charge in [0.2, 0.25) is 0 Å². The van der Waals surface area contributed by atoms with Gasteiger partial charge in [0.25, 0.3) is 0 Å². The molecule has 0 spiro atoms. The molecule has 84 valence electrons. The monoisotopic (exact) mass is 210 g/mol. The van der Waals surface area contributed by atoms with Gasteiger partial charge in [-0.1, -0.05) is 19.8 Å². The lowest BCUT2D eigenvalue weighted by atomic mass is 9.57. The fourth-order valence-corrected chi connectivity index (χ4v) is 2.97. The van der Waals surface area contributed by atoms with Crippen LogP contribution < -0.4 is 0 Å². The maximum atomic E-state index is 12.0. The highest BCUT2D eigenvalue weighted by Gasteiger charge is 2.70. The summed E-state index contributed by atoms with van der Waals surface area (Å²) >= 11 is 0. The van der Waals surface area contributed by atoms with Crippen molar-refractivity contribution in [3.8, 4) is 0 Å². The van der Waals surface area contributed by atoms with Gasteiger partial charge in [-0.05, 0) is 26.2 Å². The zero-order valence-electron chi connectivity index (χ0n) is 9.47. The third kappa shape index (κ3) is 1.18. The van der Waals surface area contributed by atoms with Crippen molar-refractivity contribution in [1.82, 2.24) is 0 Å². The van der Waals surface area contributed by atoms with Crippen LogP contribution in [0.1, 0.15) is 52.4 Å². The van der Waals surface area contributed by atoms with Crippen LogP contribution in [-0.4, -0.2) is 17.4 Å². The molecule has 1 saturated carbocycles. The van der Waals surface area contributed by atoms with E-state index in [-0.39, 0.29) is 11.8 Å². The van der Waals surface area contributed by atoms with Crippen LogP contribution in [0, 0.1) is 5.41 Å². The predicted molar refractivity (Wildman–Crippen MR) is 55.3 cm³/mol. The first-order chi connectivity index (χ1) is 7.07. The van der Waals surface area contributed by atoms with E-state index in [1.54, 1.807) is 0 Å². The number of unbranched alkanes of at least 4 members (excludes halogenated alkanes) is 1. The molecule has 2 rings (SSSR count). The Labute approximate surface area is 90.2 Å². The van der Waals surface area contributed by atoms with E-state index in [0.717, 1.165) is 25.7 Å². The second-order valence-corrected chi connectivity index (χ2v) is 4.91. The van der Waals surface area contributed by atoms with Crippen molar-refractivity contribution in [3.63, 3.8) is 0 Å². The summed E-state index contributed by atoms with van der Waals surface area (Å²) in [5, 5.41) is 0.